The zero-order valence-corrected chi connectivity index (χ0v) is 12.6. The summed E-state index contributed by atoms with van der Waals surface area (Å²) < 4.78 is 4.09. The Balaban J connectivity index is 2.23. The third-order valence-corrected chi connectivity index (χ3v) is 3.75. The number of nitrogens with two attached hydrogens (primary N) is 1. The molecule has 0 saturated heterocycles. The average molecular weight is 283 g/mol. The topological polar surface area (TPSA) is 61.1 Å². The van der Waals surface area contributed by atoms with Crippen molar-refractivity contribution in [3.63, 3.8) is 0 Å². The molecule has 0 fully saturated rings. The molecule has 5 nitrogen and oxygen atoms in total. The molecule has 3 aromatic rings. The number of aromatic nitrogens is 4. The van der Waals surface area contributed by atoms with Gasteiger partial charge in [-0.05, 0) is 37.6 Å². The minimum atomic E-state index is 0.596. The van der Waals surface area contributed by atoms with Crippen LogP contribution >= 0.6 is 0 Å². The highest BCUT2D eigenvalue weighted by atomic mass is 15.3. The summed E-state index contributed by atoms with van der Waals surface area (Å²) >= 11 is 0. The zero-order valence-electron chi connectivity index (χ0n) is 12.6. The number of rotatable bonds is 5. The van der Waals surface area contributed by atoms with Gasteiger partial charge in [-0.1, -0.05) is 19.9 Å². The van der Waals surface area contributed by atoms with Gasteiger partial charge in [-0.15, -0.1) is 0 Å². The Morgan fingerprint density at radius 1 is 1.19 bits per heavy atom. The molecular formula is C16H21N5. The fourth-order valence-corrected chi connectivity index (χ4v) is 2.66. The van der Waals surface area contributed by atoms with Crippen LogP contribution in [0.5, 0.6) is 0 Å². The first kappa shape index (κ1) is 13.8. The molecule has 3 rings (SSSR count). The summed E-state index contributed by atoms with van der Waals surface area (Å²) in [6, 6.07) is 8.19. The lowest BCUT2D eigenvalue weighted by atomic mass is 10.2. The van der Waals surface area contributed by atoms with Crippen molar-refractivity contribution >= 4 is 5.65 Å². The Hall–Kier alpha value is -2.14. The maximum absolute atomic E-state index is 5.79. The van der Waals surface area contributed by atoms with Gasteiger partial charge in [0.2, 0.25) is 0 Å². The first-order valence-corrected chi connectivity index (χ1v) is 7.52. The van der Waals surface area contributed by atoms with E-state index in [1.165, 1.54) is 5.69 Å². The highest BCUT2D eigenvalue weighted by molar-refractivity contribution is 5.49. The van der Waals surface area contributed by atoms with E-state index in [-0.39, 0.29) is 0 Å². The van der Waals surface area contributed by atoms with Gasteiger partial charge in [-0.25, -0.2) is 9.67 Å². The molecule has 0 radical (unpaired) electrons. The van der Waals surface area contributed by atoms with Gasteiger partial charge in [0, 0.05) is 18.3 Å². The van der Waals surface area contributed by atoms with Crippen LogP contribution in [0.3, 0.4) is 0 Å². The van der Waals surface area contributed by atoms with E-state index in [1.54, 1.807) is 0 Å². The zero-order chi connectivity index (χ0) is 14.8. The number of hydrogen-bond donors (Lipinski definition) is 1. The van der Waals surface area contributed by atoms with E-state index >= 15 is 0 Å². The van der Waals surface area contributed by atoms with Gasteiger partial charge < -0.3 is 10.1 Å². The highest BCUT2D eigenvalue weighted by Gasteiger charge is 2.16. The van der Waals surface area contributed by atoms with E-state index in [0.717, 1.165) is 42.1 Å². The maximum Gasteiger partial charge on any atom is 0.175 e. The van der Waals surface area contributed by atoms with Crippen LogP contribution in [0.2, 0.25) is 0 Å². The lowest BCUT2D eigenvalue weighted by molar-refractivity contribution is 0.759. The summed E-state index contributed by atoms with van der Waals surface area (Å²) in [6.45, 7) is 4.86. The molecule has 5 heteroatoms. The van der Waals surface area contributed by atoms with Crippen molar-refractivity contribution in [3.8, 4) is 5.82 Å². The third-order valence-electron chi connectivity index (χ3n) is 3.75. The van der Waals surface area contributed by atoms with Crippen molar-refractivity contribution in [1.82, 2.24) is 19.2 Å². The molecular weight excluding hydrogens is 262 g/mol. The quantitative estimate of drug-likeness (QED) is 0.780. The summed E-state index contributed by atoms with van der Waals surface area (Å²) in [5, 5.41) is 4.71. The lowest BCUT2D eigenvalue weighted by Gasteiger charge is -2.06. The average Bonchev–Trinajstić information content (AvgIpc) is 3.09. The van der Waals surface area contributed by atoms with Gasteiger partial charge in [0.1, 0.15) is 5.65 Å². The molecule has 21 heavy (non-hydrogen) atoms. The molecule has 0 aliphatic heterocycles. The number of hydrogen-bond acceptors (Lipinski definition) is 3. The van der Waals surface area contributed by atoms with Gasteiger partial charge in [-0.2, -0.15) is 5.10 Å². The fraction of sp³-hybridized carbons (Fsp3) is 0.375. The monoisotopic (exact) mass is 283 g/mol. The van der Waals surface area contributed by atoms with Gasteiger partial charge in [0.05, 0.1) is 11.4 Å². The van der Waals surface area contributed by atoms with Gasteiger partial charge >= 0.3 is 0 Å². The summed E-state index contributed by atoms with van der Waals surface area (Å²) in [7, 11) is 0. The first-order chi connectivity index (χ1) is 10.3. The number of pyridine rings is 1. The number of nitrogens with zero attached hydrogens (tertiary/aromatic N) is 4. The van der Waals surface area contributed by atoms with E-state index in [9.17, 15) is 0 Å². The van der Waals surface area contributed by atoms with E-state index in [4.69, 9.17) is 15.8 Å². The molecule has 0 atom stereocenters. The van der Waals surface area contributed by atoms with Gasteiger partial charge in [-0.3, -0.25) is 0 Å². The maximum atomic E-state index is 5.79. The molecule has 0 amide bonds. The van der Waals surface area contributed by atoms with Crippen molar-refractivity contribution in [2.45, 2.75) is 33.1 Å². The Bertz CT molecular complexity index is 753. The van der Waals surface area contributed by atoms with Crippen molar-refractivity contribution in [2.24, 2.45) is 5.73 Å². The second-order valence-corrected chi connectivity index (χ2v) is 5.10. The lowest BCUT2D eigenvalue weighted by Crippen LogP contribution is -2.10. The number of imidazole rings is 1. The standard InChI is InChI=1S/C16H21N5/c1-3-12-11-13(4-2)21(19-12)16-14(8-9-17)20-10-6-5-7-15(20)18-16/h5-7,10-11H,3-4,8-9,17H2,1-2H3. The van der Waals surface area contributed by atoms with Gasteiger partial charge in [0.25, 0.3) is 0 Å². The third kappa shape index (κ3) is 2.34. The number of aryl methyl sites for hydroxylation is 2. The Kier molecular flexibility index (Phi) is 3.75. The second kappa shape index (κ2) is 5.69. The van der Waals surface area contributed by atoms with Crippen LogP contribution in [0.25, 0.3) is 11.5 Å². The first-order valence-electron chi connectivity index (χ1n) is 7.52. The Morgan fingerprint density at radius 3 is 2.76 bits per heavy atom. The summed E-state index contributed by atoms with van der Waals surface area (Å²) in [6.07, 6.45) is 4.68. The van der Waals surface area contributed by atoms with Crippen molar-refractivity contribution in [3.05, 3.63) is 47.5 Å². The molecule has 0 aromatic carbocycles. The van der Waals surface area contributed by atoms with E-state index in [2.05, 4.69) is 24.3 Å². The molecule has 3 heterocycles. The van der Waals surface area contributed by atoms with Gasteiger partial charge in [0.15, 0.2) is 5.82 Å². The minimum Gasteiger partial charge on any atom is -0.330 e. The van der Waals surface area contributed by atoms with Crippen LogP contribution in [0, 0.1) is 0 Å². The van der Waals surface area contributed by atoms with Crippen molar-refractivity contribution in [1.29, 1.82) is 0 Å². The van der Waals surface area contributed by atoms with Crippen LogP contribution < -0.4 is 5.73 Å². The van der Waals surface area contributed by atoms with Crippen LogP contribution in [-0.2, 0) is 19.3 Å². The Labute approximate surface area is 124 Å². The predicted octanol–water partition coefficient (Wildman–Crippen LogP) is 2.15. The molecule has 0 unspecified atom stereocenters. The summed E-state index contributed by atoms with van der Waals surface area (Å²) in [5.41, 5.74) is 10.1. The van der Waals surface area contributed by atoms with E-state index in [1.807, 2.05) is 29.1 Å². The smallest absolute Gasteiger partial charge is 0.175 e. The fourth-order valence-electron chi connectivity index (χ4n) is 2.66. The Morgan fingerprint density at radius 2 is 2.05 bits per heavy atom. The van der Waals surface area contributed by atoms with E-state index in [0.29, 0.717) is 6.54 Å². The molecule has 0 aliphatic rings. The highest BCUT2D eigenvalue weighted by Crippen LogP contribution is 2.20. The van der Waals surface area contributed by atoms with Crippen LogP contribution in [0.4, 0.5) is 0 Å². The number of fused-ring (bicyclic) bond motifs is 1. The SMILES string of the molecule is CCc1cc(CC)n(-c2nc3ccccn3c2CCN)n1. The summed E-state index contributed by atoms with van der Waals surface area (Å²) in [5.74, 6) is 0.906. The molecule has 110 valence electrons. The van der Waals surface area contributed by atoms with Crippen LogP contribution in [0.1, 0.15) is 30.9 Å². The van der Waals surface area contributed by atoms with E-state index < -0.39 is 0 Å². The predicted molar refractivity (Wildman–Crippen MR) is 83.8 cm³/mol. The van der Waals surface area contributed by atoms with Crippen molar-refractivity contribution < 1.29 is 0 Å². The molecule has 0 aliphatic carbocycles. The minimum absolute atomic E-state index is 0.596. The van der Waals surface area contributed by atoms with Crippen LogP contribution in [0.15, 0.2) is 30.5 Å². The second-order valence-electron chi connectivity index (χ2n) is 5.10. The molecule has 3 aromatic heterocycles. The molecule has 0 saturated carbocycles. The molecule has 0 bridgehead atoms. The van der Waals surface area contributed by atoms with Crippen molar-refractivity contribution in [2.75, 3.05) is 6.54 Å². The summed E-state index contributed by atoms with van der Waals surface area (Å²) in [4.78, 5) is 4.77. The largest absolute Gasteiger partial charge is 0.330 e. The molecule has 2 N–H and O–H groups in total. The molecule has 0 spiro atoms. The van der Waals surface area contributed by atoms with Crippen LogP contribution in [-0.4, -0.2) is 25.7 Å². The normalized spacial score (nSPS) is 11.4.